The van der Waals surface area contributed by atoms with E-state index in [1.165, 1.54) is 6.92 Å². The summed E-state index contributed by atoms with van der Waals surface area (Å²) in [6.07, 6.45) is 1.49. The van der Waals surface area contributed by atoms with Crippen molar-refractivity contribution >= 4 is 5.97 Å². The Morgan fingerprint density at radius 1 is 0.758 bits per heavy atom. The predicted molar refractivity (Wildman–Crippen MR) is 225 cm³/mol. The summed E-state index contributed by atoms with van der Waals surface area (Å²) in [4.78, 5) is 12.4. The van der Waals surface area contributed by atoms with Crippen LogP contribution in [-0.4, -0.2) is 157 Å². The molecule has 0 aliphatic carbocycles. The van der Waals surface area contributed by atoms with Gasteiger partial charge in [0.15, 0.2) is 12.1 Å². The Balaban J connectivity index is 1.04. The lowest BCUT2D eigenvalue weighted by molar-refractivity contribution is -0.361. The SMILES string of the molecule is CO[C@H]1[C@@H](C)[C@]2(CO[C@@H]1C[C@@H]1O[C@](O)([C@@H](C)C(=O)O)[C@@H](C)[C@H](O[C@H]3CC[C@H](OC)[C@@H](C)O3)[C@@H]1C)O[C@](C)([C@@H]1CC[C@H]([C@H]3CC[C@H](C4OC(C)CC(C)C4(C)O)O3)O1)[C@H](OC)[C@H]2C. The number of rotatable bonds is 12. The topological polar surface area (TPSA) is 179 Å². The van der Waals surface area contributed by atoms with Crippen molar-refractivity contribution in [3.8, 4) is 0 Å². The maximum absolute atomic E-state index is 12.4. The van der Waals surface area contributed by atoms with Crippen molar-refractivity contribution in [3.63, 3.8) is 0 Å². The van der Waals surface area contributed by atoms with Gasteiger partial charge in [0.2, 0.25) is 0 Å². The molecule has 7 saturated heterocycles. The van der Waals surface area contributed by atoms with Crippen molar-refractivity contribution in [2.24, 2.45) is 35.5 Å². The highest BCUT2D eigenvalue weighted by Gasteiger charge is 2.68. The summed E-state index contributed by atoms with van der Waals surface area (Å²) < 4.78 is 71.7. The highest BCUT2D eigenvalue weighted by molar-refractivity contribution is 5.70. The van der Waals surface area contributed by atoms with Gasteiger partial charge in [-0.15, -0.1) is 0 Å². The van der Waals surface area contributed by atoms with Crippen LogP contribution in [0.5, 0.6) is 0 Å². The normalized spacial score (nSPS) is 54.2. The second-order valence-corrected chi connectivity index (χ2v) is 20.9. The van der Waals surface area contributed by atoms with Gasteiger partial charge in [0.25, 0.3) is 0 Å². The standard InChI is InChI=1S/C47H80O15/c1-23-20-24(2)56-42(44(23,9)50)34-15-14-32(58-34)33-16-18-37(59-33)45(10)41(54-13)28(6)46(62-45)22-55-36(40(53-12)26(46)4)21-35-25(3)39(27(5)47(51,61-35)29(7)43(48)49)60-38-19-17-31(52-11)30(8)57-38/h23-42,50-51H,14-22H2,1-13H3,(H,48,49)/t23?,24?,25-,26-,27+,28-,29+,30-,31+,32-,33-,34-,35+,36-,37+,38+,39-,40+,41-,42?,44?,45-,46+,47+/m1/s1. The molecule has 24 atom stereocenters. The first-order valence-corrected chi connectivity index (χ1v) is 23.7. The van der Waals surface area contributed by atoms with Gasteiger partial charge in [-0.25, -0.2) is 0 Å². The van der Waals surface area contributed by atoms with Crippen LogP contribution in [0, 0.1) is 35.5 Å². The minimum absolute atomic E-state index is 0.0443. The Morgan fingerprint density at radius 3 is 2.08 bits per heavy atom. The monoisotopic (exact) mass is 885 g/mol. The predicted octanol–water partition coefficient (Wildman–Crippen LogP) is 5.27. The molecule has 7 fully saturated rings. The summed E-state index contributed by atoms with van der Waals surface area (Å²) in [7, 11) is 5.09. The van der Waals surface area contributed by atoms with Gasteiger partial charge in [0.1, 0.15) is 23.2 Å². The largest absolute Gasteiger partial charge is 0.481 e. The Labute approximate surface area is 369 Å². The third-order valence-electron chi connectivity index (χ3n) is 17.3. The molecule has 0 bridgehead atoms. The fourth-order valence-corrected chi connectivity index (χ4v) is 13.0. The third-order valence-corrected chi connectivity index (χ3v) is 17.3. The van der Waals surface area contributed by atoms with Crippen LogP contribution in [0.1, 0.15) is 121 Å². The van der Waals surface area contributed by atoms with Gasteiger partial charge < -0.3 is 67.4 Å². The van der Waals surface area contributed by atoms with E-state index in [1.807, 2.05) is 20.8 Å². The third kappa shape index (κ3) is 8.46. The van der Waals surface area contributed by atoms with Crippen molar-refractivity contribution in [2.45, 2.75) is 229 Å². The minimum Gasteiger partial charge on any atom is -0.481 e. The molecule has 0 aromatic carbocycles. The molecule has 7 aliphatic rings. The molecule has 15 heteroatoms. The van der Waals surface area contributed by atoms with Crippen molar-refractivity contribution < 1.29 is 72.2 Å². The lowest BCUT2D eigenvalue weighted by Crippen LogP contribution is -2.64. The van der Waals surface area contributed by atoms with Gasteiger partial charge >= 0.3 is 5.97 Å². The number of carboxylic acids is 1. The molecule has 0 aromatic heterocycles. The minimum atomic E-state index is -2.02. The first-order valence-electron chi connectivity index (χ1n) is 23.7. The van der Waals surface area contributed by atoms with E-state index in [4.69, 9.17) is 52.1 Å². The summed E-state index contributed by atoms with van der Waals surface area (Å²) in [5.41, 5.74) is -2.56. The van der Waals surface area contributed by atoms with Crippen LogP contribution in [0.2, 0.25) is 0 Å². The first kappa shape index (κ1) is 48.9. The van der Waals surface area contributed by atoms with Crippen LogP contribution in [0.4, 0.5) is 0 Å². The molecular weight excluding hydrogens is 805 g/mol. The molecule has 0 saturated carbocycles. The van der Waals surface area contributed by atoms with Crippen LogP contribution < -0.4 is 0 Å². The van der Waals surface area contributed by atoms with Crippen LogP contribution in [0.25, 0.3) is 0 Å². The second kappa shape index (κ2) is 18.6. The fourth-order valence-electron chi connectivity index (χ4n) is 13.0. The summed E-state index contributed by atoms with van der Waals surface area (Å²) in [5.74, 6) is -5.53. The fraction of sp³-hybridized carbons (Fsp3) is 0.979. The number of ether oxygens (including phenoxy) is 11. The zero-order chi connectivity index (χ0) is 45.3. The van der Waals surface area contributed by atoms with E-state index in [9.17, 15) is 20.1 Å². The van der Waals surface area contributed by atoms with E-state index in [2.05, 4.69) is 34.6 Å². The summed E-state index contributed by atoms with van der Waals surface area (Å²) in [5, 5.41) is 33.7. The second-order valence-electron chi connectivity index (χ2n) is 20.9. The van der Waals surface area contributed by atoms with Crippen LogP contribution in [-0.2, 0) is 56.9 Å². The van der Waals surface area contributed by atoms with E-state index in [1.54, 1.807) is 28.3 Å². The van der Waals surface area contributed by atoms with E-state index >= 15 is 0 Å². The molecule has 3 N–H and O–H groups in total. The van der Waals surface area contributed by atoms with Gasteiger partial charge in [0.05, 0.1) is 85.5 Å². The number of aliphatic carboxylic acids is 1. The van der Waals surface area contributed by atoms with E-state index in [0.717, 1.165) is 38.5 Å². The number of carboxylic acid groups (broad SMARTS) is 1. The molecule has 1 spiro atoms. The lowest BCUT2D eigenvalue weighted by atomic mass is 9.70. The average Bonchev–Trinajstić information content (AvgIpc) is 3.97. The van der Waals surface area contributed by atoms with Crippen LogP contribution in [0.3, 0.4) is 0 Å². The molecule has 62 heavy (non-hydrogen) atoms. The summed E-state index contributed by atoms with van der Waals surface area (Å²) in [6.45, 7) is 19.9. The maximum atomic E-state index is 12.4. The number of hydrogen-bond donors (Lipinski definition) is 3. The first-order chi connectivity index (χ1) is 29.2. The molecule has 4 unspecified atom stereocenters. The quantitative estimate of drug-likeness (QED) is 0.231. The van der Waals surface area contributed by atoms with Crippen molar-refractivity contribution in [1.29, 1.82) is 0 Å². The zero-order valence-electron chi connectivity index (χ0n) is 39.7. The molecule has 7 aliphatic heterocycles. The van der Waals surface area contributed by atoms with Gasteiger partial charge in [-0.2, -0.15) is 0 Å². The van der Waals surface area contributed by atoms with E-state index in [-0.39, 0.29) is 79.1 Å². The Bertz CT molecular complexity index is 1530. The number of hydrogen-bond acceptors (Lipinski definition) is 14. The Kier molecular flexibility index (Phi) is 14.6. The van der Waals surface area contributed by atoms with E-state index in [0.29, 0.717) is 12.8 Å². The number of carbonyl (C=O) groups is 1. The molecule has 15 nitrogen and oxygen atoms in total. The summed E-state index contributed by atoms with van der Waals surface area (Å²) in [6, 6.07) is 0. The van der Waals surface area contributed by atoms with Gasteiger partial charge in [-0.1, -0.05) is 34.6 Å². The van der Waals surface area contributed by atoms with Crippen molar-refractivity contribution in [3.05, 3.63) is 0 Å². The highest BCUT2D eigenvalue weighted by Crippen LogP contribution is 2.56. The van der Waals surface area contributed by atoms with Crippen molar-refractivity contribution in [1.82, 2.24) is 0 Å². The molecule has 358 valence electrons. The molecule has 0 aromatic rings. The molecule has 7 heterocycles. The molecule has 7 rings (SSSR count). The van der Waals surface area contributed by atoms with Crippen LogP contribution in [0.15, 0.2) is 0 Å². The Hall–Kier alpha value is -1.05. The summed E-state index contributed by atoms with van der Waals surface area (Å²) >= 11 is 0. The number of aliphatic hydroxyl groups is 2. The molecular formula is C47H80O15. The van der Waals surface area contributed by atoms with E-state index < -0.39 is 77.2 Å². The Morgan fingerprint density at radius 2 is 1.44 bits per heavy atom. The average molecular weight is 885 g/mol. The van der Waals surface area contributed by atoms with Crippen molar-refractivity contribution in [2.75, 3.05) is 27.9 Å². The number of methoxy groups -OCH3 is 3. The lowest BCUT2D eigenvalue weighted by Gasteiger charge is -2.54. The zero-order valence-corrected chi connectivity index (χ0v) is 39.7. The van der Waals surface area contributed by atoms with Gasteiger partial charge in [0, 0.05) is 57.8 Å². The highest BCUT2D eigenvalue weighted by atomic mass is 16.7. The smallest absolute Gasteiger partial charge is 0.311 e. The van der Waals surface area contributed by atoms with Crippen LogP contribution >= 0.6 is 0 Å². The molecule has 0 radical (unpaired) electrons. The van der Waals surface area contributed by atoms with Gasteiger partial charge in [-0.05, 0) is 79.1 Å². The van der Waals surface area contributed by atoms with Gasteiger partial charge in [-0.3, -0.25) is 4.79 Å². The molecule has 0 amide bonds. The maximum Gasteiger partial charge on any atom is 0.311 e.